The van der Waals surface area contributed by atoms with Crippen LogP contribution in [0.1, 0.15) is 45.9 Å². The number of nitrogens with two attached hydrogens (primary N) is 1. The van der Waals surface area contributed by atoms with Crippen LogP contribution < -0.4 is 11.1 Å². The van der Waals surface area contributed by atoms with Crippen LogP contribution in [0, 0.1) is 19.7 Å². The summed E-state index contributed by atoms with van der Waals surface area (Å²) in [6.45, 7) is 5.64. The molecule has 0 saturated carbocycles. The van der Waals surface area contributed by atoms with Gasteiger partial charge in [-0.1, -0.05) is 0 Å². The summed E-state index contributed by atoms with van der Waals surface area (Å²) < 4.78 is 46.4. The molecule has 0 aliphatic carbocycles. The molecule has 1 aliphatic heterocycles. The van der Waals surface area contributed by atoms with Crippen LogP contribution in [-0.4, -0.2) is 41.2 Å². The number of carboxylic acid groups (broad SMARTS) is 1. The lowest BCUT2D eigenvalue weighted by Gasteiger charge is -2.25. The number of piperidine rings is 1. The van der Waals surface area contributed by atoms with Gasteiger partial charge in [-0.3, -0.25) is 4.79 Å². The minimum Gasteiger partial charge on any atom is -0.475 e. The average Bonchev–Trinajstić information content (AvgIpc) is 2.90. The molecule has 28 heavy (non-hydrogen) atoms. The number of benzene rings is 1. The minimum atomic E-state index is -5.08. The van der Waals surface area contributed by atoms with Crippen LogP contribution >= 0.6 is 0 Å². The van der Waals surface area contributed by atoms with Crippen molar-refractivity contribution in [2.45, 2.75) is 38.8 Å². The molecule has 0 unspecified atom stereocenters. The fourth-order valence-electron chi connectivity index (χ4n) is 3.35. The van der Waals surface area contributed by atoms with Gasteiger partial charge in [-0.15, -0.1) is 0 Å². The highest BCUT2D eigenvalue weighted by atomic mass is 19.4. The van der Waals surface area contributed by atoms with E-state index in [9.17, 15) is 22.4 Å². The van der Waals surface area contributed by atoms with E-state index in [2.05, 4.69) is 10.3 Å². The van der Waals surface area contributed by atoms with Gasteiger partial charge in [-0.05, 0) is 50.8 Å². The third kappa shape index (κ3) is 4.44. The number of carbonyl (C=O) groups excluding carboxylic acids is 1. The van der Waals surface area contributed by atoms with Gasteiger partial charge in [0, 0.05) is 23.2 Å². The fourth-order valence-corrected chi connectivity index (χ4v) is 3.35. The Morgan fingerprint density at radius 1 is 1.29 bits per heavy atom. The molecular weight excluding hydrogens is 382 g/mol. The molecule has 6 nitrogen and oxygen atoms in total. The minimum absolute atomic E-state index is 0.136. The van der Waals surface area contributed by atoms with Gasteiger partial charge in [0.25, 0.3) is 5.91 Å². The molecule has 3 rings (SSSR count). The van der Waals surface area contributed by atoms with Crippen molar-refractivity contribution in [1.29, 1.82) is 0 Å². The van der Waals surface area contributed by atoms with Crippen molar-refractivity contribution in [3.05, 3.63) is 34.3 Å². The number of carbonyl (C=O) groups is 2. The van der Waals surface area contributed by atoms with Crippen molar-refractivity contribution in [1.82, 2.24) is 10.3 Å². The number of aryl methyl sites for hydroxylation is 2. The number of alkyl halides is 3. The Labute approximate surface area is 158 Å². The van der Waals surface area contributed by atoms with Gasteiger partial charge in [-0.2, -0.15) is 13.2 Å². The van der Waals surface area contributed by atoms with E-state index in [1.807, 2.05) is 13.8 Å². The lowest BCUT2D eigenvalue weighted by Crippen LogP contribution is -2.29. The standard InChI is InChI=1S/C16H20FN3O.C2HF3O2/c1-8-9(2)20-15-11(16(18)21)6-12(17)14(13(8)15)10-4-3-5-19-7-10;3-2(4,5)1(6)7/h6,10,19-20H,3-5,7H2,1-2H3,(H2,18,21);(H,6,7)/t10-;/m0./s1. The molecule has 1 fully saturated rings. The zero-order valence-corrected chi connectivity index (χ0v) is 15.3. The maximum absolute atomic E-state index is 14.7. The third-order valence-electron chi connectivity index (χ3n) is 4.78. The van der Waals surface area contributed by atoms with Gasteiger partial charge in [0.15, 0.2) is 0 Å². The third-order valence-corrected chi connectivity index (χ3v) is 4.78. The van der Waals surface area contributed by atoms with Crippen LogP contribution in [0.2, 0.25) is 0 Å². The number of hydrogen-bond acceptors (Lipinski definition) is 3. The molecule has 1 amide bonds. The Morgan fingerprint density at radius 3 is 2.36 bits per heavy atom. The molecule has 2 aromatic rings. The number of aliphatic carboxylic acids is 1. The van der Waals surface area contributed by atoms with E-state index in [1.165, 1.54) is 6.07 Å². The van der Waals surface area contributed by atoms with Crippen LogP contribution in [0.15, 0.2) is 6.07 Å². The highest BCUT2D eigenvalue weighted by Gasteiger charge is 2.38. The molecule has 1 aromatic carbocycles. The summed E-state index contributed by atoms with van der Waals surface area (Å²) in [5.41, 5.74) is 8.95. The van der Waals surface area contributed by atoms with E-state index in [-0.39, 0.29) is 17.3 Å². The maximum Gasteiger partial charge on any atom is 0.490 e. The van der Waals surface area contributed by atoms with Crippen LogP contribution in [0.4, 0.5) is 17.6 Å². The first kappa shape index (κ1) is 21.7. The van der Waals surface area contributed by atoms with E-state index in [0.717, 1.165) is 42.6 Å². The molecular formula is C18H21F4N3O3. The van der Waals surface area contributed by atoms with Crippen molar-refractivity contribution >= 4 is 22.8 Å². The van der Waals surface area contributed by atoms with E-state index in [4.69, 9.17) is 15.6 Å². The Bertz CT molecular complexity index is 900. The van der Waals surface area contributed by atoms with Crippen molar-refractivity contribution in [2.24, 2.45) is 5.73 Å². The van der Waals surface area contributed by atoms with Gasteiger partial charge in [0.05, 0.1) is 11.1 Å². The first-order valence-electron chi connectivity index (χ1n) is 8.57. The largest absolute Gasteiger partial charge is 0.490 e. The highest BCUT2D eigenvalue weighted by molar-refractivity contribution is 6.07. The molecule has 2 heterocycles. The van der Waals surface area contributed by atoms with Crippen LogP contribution in [0.5, 0.6) is 0 Å². The summed E-state index contributed by atoms with van der Waals surface area (Å²) in [7, 11) is 0. The van der Waals surface area contributed by atoms with Crippen molar-refractivity contribution in [2.75, 3.05) is 13.1 Å². The van der Waals surface area contributed by atoms with E-state index >= 15 is 0 Å². The Balaban J connectivity index is 0.000000345. The quantitative estimate of drug-likeness (QED) is 0.578. The Morgan fingerprint density at radius 2 is 1.89 bits per heavy atom. The van der Waals surface area contributed by atoms with Crippen molar-refractivity contribution in [3.8, 4) is 0 Å². The summed E-state index contributed by atoms with van der Waals surface area (Å²) in [6.07, 6.45) is -3.09. The molecule has 154 valence electrons. The first-order chi connectivity index (χ1) is 12.9. The lowest BCUT2D eigenvalue weighted by atomic mass is 9.87. The molecule has 0 radical (unpaired) electrons. The predicted molar refractivity (Wildman–Crippen MR) is 94.8 cm³/mol. The first-order valence-corrected chi connectivity index (χ1v) is 8.57. The van der Waals surface area contributed by atoms with Crippen molar-refractivity contribution < 1.29 is 32.3 Å². The summed E-state index contributed by atoms with van der Waals surface area (Å²) in [6, 6.07) is 1.28. The smallest absolute Gasteiger partial charge is 0.475 e. The number of H-pyrrole nitrogens is 1. The Kier molecular flexibility index (Phi) is 6.33. The molecule has 5 N–H and O–H groups in total. The summed E-state index contributed by atoms with van der Waals surface area (Å²) in [5.74, 6) is -3.55. The summed E-state index contributed by atoms with van der Waals surface area (Å²) in [4.78, 5) is 23.7. The molecule has 1 atom stereocenters. The number of hydrogen-bond donors (Lipinski definition) is 4. The summed E-state index contributed by atoms with van der Waals surface area (Å²) >= 11 is 0. The maximum atomic E-state index is 14.7. The lowest BCUT2D eigenvalue weighted by molar-refractivity contribution is -0.192. The predicted octanol–water partition coefficient (Wildman–Crippen LogP) is 3.12. The SMILES string of the molecule is Cc1[nH]c2c(C(N)=O)cc(F)c([C@H]3CCCNC3)c2c1C.O=C(O)C(F)(F)F. The Hall–Kier alpha value is -2.62. The van der Waals surface area contributed by atoms with Crippen LogP contribution in [0.3, 0.4) is 0 Å². The van der Waals surface area contributed by atoms with Gasteiger partial charge in [-0.25, -0.2) is 9.18 Å². The number of fused-ring (bicyclic) bond motifs is 1. The van der Waals surface area contributed by atoms with Crippen molar-refractivity contribution in [3.63, 3.8) is 0 Å². The number of amides is 1. The van der Waals surface area contributed by atoms with Gasteiger partial charge < -0.3 is 21.1 Å². The zero-order chi connectivity index (χ0) is 21.2. The highest BCUT2D eigenvalue weighted by Crippen LogP contribution is 2.36. The van der Waals surface area contributed by atoms with Gasteiger partial charge in [0.1, 0.15) is 5.82 Å². The number of rotatable bonds is 2. The number of nitrogens with one attached hydrogen (secondary N) is 2. The normalized spacial score (nSPS) is 17.1. The zero-order valence-electron chi connectivity index (χ0n) is 15.3. The van der Waals surface area contributed by atoms with Crippen LogP contribution in [0.25, 0.3) is 10.9 Å². The number of carboxylic acids is 1. The van der Waals surface area contributed by atoms with Crippen LogP contribution in [-0.2, 0) is 4.79 Å². The van der Waals surface area contributed by atoms with Gasteiger partial charge in [0.2, 0.25) is 0 Å². The molecule has 1 aromatic heterocycles. The molecule has 1 aliphatic rings. The second kappa shape index (κ2) is 8.17. The molecule has 0 spiro atoms. The number of aromatic amines is 1. The average molecular weight is 403 g/mol. The number of halogens is 4. The second-order valence-corrected chi connectivity index (χ2v) is 6.66. The monoisotopic (exact) mass is 403 g/mol. The molecule has 0 bridgehead atoms. The number of primary amides is 1. The fraction of sp³-hybridized carbons (Fsp3) is 0.444. The molecule has 10 heteroatoms. The topological polar surface area (TPSA) is 108 Å². The molecule has 1 saturated heterocycles. The number of aromatic nitrogens is 1. The van der Waals surface area contributed by atoms with E-state index in [1.54, 1.807) is 0 Å². The van der Waals surface area contributed by atoms with E-state index < -0.39 is 18.1 Å². The summed E-state index contributed by atoms with van der Waals surface area (Å²) in [5, 5.41) is 11.3. The second-order valence-electron chi connectivity index (χ2n) is 6.66. The van der Waals surface area contributed by atoms with Gasteiger partial charge >= 0.3 is 12.1 Å². The van der Waals surface area contributed by atoms with E-state index in [0.29, 0.717) is 11.1 Å².